The predicted molar refractivity (Wildman–Crippen MR) is 82.8 cm³/mol. The minimum atomic E-state index is -0.466. The second kappa shape index (κ2) is 6.93. The first-order chi connectivity index (χ1) is 10.5. The van der Waals surface area contributed by atoms with Crippen LogP contribution in [0.1, 0.15) is 30.1 Å². The fraction of sp³-hybridized carbons (Fsp3) is 0.400. The minimum Gasteiger partial charge on any atom is -0.351 e. The summed E-state index contributed by atoms with van der Waals surface area (Å²) >= 11 is 0. The number of rotatable bonds is 3. The number of amides is 4. The lowest BCUT2D eigenvalue weighted by Gasteiger charge is -2.31. The number of nitrogens with zero attached hydrogens (tertiary/aromatic N) is 1. The number of nitrogens with two attached hydrogens (primary N) is 1. The van der Waals surface area contributed by atoms with E-state index in [1.165, 1.54) is 11.8 Å². The SMILES string of the molecule is CC(=O)c1ccc(NC(=O)N[C@H]2CCCN(C(N)=O)C2)cc1. The summed E-state index contributed by atoms with van der Waals surface area (Å²) in [6.07, 6.45) is 1.61. The Bertz CT molecular complexity index is 571. The van der Waals surface area contributed by atoms with E-state index in [0.717, 1.165) is 12.8 Å². The van der Waals surface area contributed by atoms with Crippen molar-refractivity contribution in [3.8, 4) is 0 Å². The molecule has 7 heteroatoms. The summed E-state index contributed by atoms with van der Waals surface area (Å²) in [7, 11) is 0. The fourth-order valence-electron chi connectivity index (χ4n) is 2.44. The fourth-order valence-corrected chi connectivity index (χ4v) is 2.44. The first-order valence-corrected chi connectivity index (χ1v) is 7.18. The van der Waals surface area contributed by atoms with Crippen LogP contribution in [-0.4, -0.2) is 41.9 Å². The number of ketones is 1. The lowest BCUT2D eigenvalue weighted by molar-refractivity contribution is 0.101. The quantitative estimate of drug-likeness (QED) is 0.738. The Labute approximate surface area is 128 Å². The maximum Gasteiger partial charge on any atom is 0.319 e. The van der Waals surface area contributed by atoms with Gasteiger partial charge in [-0.15, -0.1) is 0 Å². The number of urea groups is 2. The second-order valence-corrected chi connectivity index (χ2v) is 5.36. The summed E-state index contributed by atoms with van der Waals surface area (Å²) in [4.78, 5) is 35.8. The van der Waals surface area contributed by atoms with E-state index in [4.69, 9.17) is 5.73 Å². The summed E-state index contributed by atoms with van der Waals surface area (Å²) < 4.78 is 0. The van der Waals surface area contributed by atoms with Gasteiger partial charge in [0.15, 0.2) is 5.78 Å². The molecule has 118 valence electrons. The van der Waals surface area contributed by atoms with Crippen LogP contribution in [0, 0.1) is 0 Å². The van der Waals surface area contributed by atoms with Crippen molar-refractivity contribution in [2.24, 2.45) is 5.73 Å². The van der Waals surface area contributed by atoms with Crippen molar-refractivity contribution in [2.45, 2.75) is 25.8 Å². The van der Waals surface area contributed by atoms with Gasteiger partial charge in [-0.25, -0.2) is 9.59 Å². The van der Waals surface area contributed by atoms with E-state index in [2.05, 4.69) is 10.6 Å². The molecule has 0 aliphatic carbocycles. The molecule has 1 atom stereocenters. The lowest BCUT2D eigenvalue weighted by Crippen LogP contribution is -2.51. The van der Waals surface area contributed by atoms with Gasteiger partial charge in [0.2, 0.25) is 0 Å². The molecule has 7 nitrogen and oxygen atoms in total. The molecule has 22 heavy (non-hydrogen) atoms. The zero-order valence-electron chi connectivity index (χ0n) is 12.5. The average molecular weight is 304 g/mol. The first-order valence-electron chi connectivity index (χ1n) is 7.18. The van der Waals surface area contributed by atoms with Crippen LogP contribution in [0.5, 0.6) is 0 Å². The Morgan fingerprint density at radius 1 is 1.23 bits per heavy atom. The molecule has 1 aliphatic heterocycles. The van der Waals surface area contributed by atoms with Gasteiger partial charge in [-0.1, -0.05) is 0 Å². The molecule has 4 amide bonds. The van der Waals surface area contributed by atoms with Crippen molar-refractivity contribution in [2.75, 3.05) is 18.4 Å². The zero-order chi connectivity index (χ0) is 16.1. The number of benzene rings is 1. The van der Waals surface area contributed by atoms with Gasteiger partial charge in [0, 0.05) is 30.4 Å². The van der Waals surface area contributed by atoms with E-state index in [-0.39, 0.29) is 17.9 Å². The normalized spacial score (nSPS) is 17.7. The van der Waals surface area contributed by atoms with E-state index in [9.17, 15) is 14.4 Å². The number of anilines is 1. The molecule has 0 unspecified atom stereocenters. The molecular formula is C15H20N4O3. The van der Waals surface area contributed by atoms with Crippen LogP contribution >= 0.6 is 0 Å². The molecule has 0 radical (unpaired) electrons. The molecule has 0 saturated carbocycles. The molecule has 0 bridgehead atoms. The van der Waals surface area contributed by atoms with E-state index in [1.54, 1.807) is 24.3 Å². The highest BCUT2D eigenvalue weighted by atomic mass is 16.2. The van der Waals surface area contributed by atoms with Gasteiger partial charge in [-0.2, -0.15) is 0 Å². The van der Waals surface area contributed by atoms with E-state index >= 15 is 0 Å². The van der Waals surface area contributed by atoms with Gasteiger partial charge in [-0.05, 0) is 44.0 Å². The second-order valence-electron chi connectivity index (χ2n) is 5.36. The van der Waals surface area contributed by atoms with Gasteiger partial charge in [0.05, 0.1) is 0 Å². The number of likely N-dealkylation sites (tertiary alicyclic amines) is 1. The number of carbonyl (C=O) groups is 3. The number of hydrogen-bond acceptors (Lipinski definition) is 3. The molecule has 1 aliphatic rings. The third kappa shape index (κ3) is 4.21. The monoisotopic (exact) mass is 304 g/mol. The summed E-state index contributed by atoms with van der Waals surface area (Å²) in [5.41, 5.74) is 6.45. The van der Waals surface area contributed by atoms with Crippen LogP contribution in [0.25, 0.3) is 0 Å². The van der Waals surface area contributed by atoms with Gasteiger partial charge in [-0.3, -0.25) is 4.79 Å². The van der Waals surface area contributed by atoms with Crippen LogP contribution in [0.4, 0.5) is 15.3 Å². The number of piperidine rings is 1. The molecule has 0 aromatic heterocycles. The van der Waals surface area contributed by atoms with Crippen LogP contribution in [0.2, 0.25) is 0 Å². The van der Waals surface area contributed by atoms with Crippen molar-refractivity contribution < 1.29 is 14.4 Å². The van der Waals surface area contributed by atoms with Crippen molar-refractivity contribution in [1.29, 1.82) is 0 Å². The van der Waals surface area contributed by atoms with Crippen LogP contribution in [0.3, 0.4) is 0 Å². The summed E-state index contributed by atoms with van der Waals surface area (Å²) in [6, 6.07) is 5.75. The smallest absolute Gasteiger partial charge is 0.319 e. The lowest BCUT2D eigenvalue weighted by atomic mass is 10.1. The van der Waals surface area contributed by atoms with Gasteiger partial charge >= 0.3 is 12.1 Å². The maximum absolute atomic E-state index is 12.0. The van der Waals surface area contributed by atoms with Crippen LogP contribution in [-0.2, 0) is 0 Å². The van der Waals surface area contributed by atoms with Gasteiger partial charge in [0.25, 0.3) is 0 Å². The average Bonchev–Trinajstić information content (AvgIpc) is 2.47. The number of carbonyl (C=O) groups excluding carboxylic acids is 3. The number of hydrogen-bond donors (Lipinski definition) is 3. The predicted octanol–water partition coefficient (Wildman–Crippen LogP) is 1.55. The summed E-state index contributed by atoms with van der Waals surface area (Å²) in [5.74, 6) is -0.0234. The highest BCUT2D eigenvalue weighted by molar-refractivity contribution is 5.95. The Morgan fingerprint density at radius 2 is 1.91 bits per heavy atom. The number of primary amides is 1. The molecule has 1 fully saturated rings. The van der Waals surface area contributed by atoms with Gasteiger partial charge < -0.3 is 21.3 Å². The van der Waals surface area contributed by atoms with E-state index in [1.807, 2.05) is 0 Å². The van der Waals surface area contributed by atoms with Crippen molar-refractivity contribution in [1.82, 2.24) is 10.2 Å². The molecule has 1 aromatic rings. The largest absolute Gasteiger partial charge is 0.351 e. The van der Waals surface area contributed by atoms with Crippen molar-refractivity contribution in [3.63, 3.8) is 0 Å². The molecule has 0 spiro atoms. The molecular weight excluding hydrogens is 284 g/mol. The first kappa shape index (κ1) is 15.8. The third-order valence-electron chi connectivity index (χ3n) is 3.62. The van der Waals surface area contributed by atoms with E-state index in [0.29, 0.717) is 24.3 Å². The van der Waals surface area contributed by atoms with Crippen LogP contribution in [0.15, 0.2) is 24.3 Å². The molecule has 1 heterocycles. The molecule has 2 rings (SSSR count). The Morgan fingerprint density at radius 3 is 2.50 bits per heavy atom. The highest BCUT2D eigenvalue weighted by Crippen LogP contribution is 2.12. The molecule has 4 N–H and O–H groups in total. The highest BCUT2D eigenvalue weighted by Gasteiger charge is 2.23. The zero-order valence-corrected chi connectivity index (χ0v) is 12.5. The van der Waals surface area contributed by atoms with Crippen molar-refractivity contribution >= 4 is 23.5 Å². The minimum absolute atomic E-state index is 0.0234. The molecule has 1 aromatic carbocycles. The topological polar surface area (TPSA) is 105 Å². The van der Waals surface area contributed by atoms with Gasteiger partial charge in [0.1, 0.15) is 0 Å². The van der Waals surface area contributed by atoms with E-state index < -0.39 is 6.03 Å². The Hall–Kier alpha value is -2.57. The number of Topliss-reactive ketones (excluding diaryl/α,β-unsaturated/α-hetero) is 1. The van der Waals surface area contributed by atoms with Crippen LogP contribution < -0.4 is 16.4 Å². The third-order valence-corrected chi connectivity index (χ3v) is 3.62. The summed E-state index contributed by atoms with van der Waals surface area (Å²) in [6.45, 7) is 2.54. The standard InChI is InChI=1S/C15H20N4O3/c1-10(20)11-4-6-12(7-5-11)17-15(22)18-13-3-2-8-19(9-13)14(16)21/h4-7,13H,2-3,8-9H2,1H3,(H2,16,21)(H2,17,18,22)/t13-/m0/s1. The van der Waals surface area contributed by atoms with Crippen molar-refractivity contribution in [3.05, 3.63) is 29.8 Å². The summed E-state index contributed by atoms with van der Waals surface area (Å²) in [5, 5.41) is 5.53. The Balaban J connectivity index is 1.87. The number of nitrogens with one attached hydrogen (secondary N) is 2. The Kier molecular flexibility index (Phi) is 4.98. The molecule has 1 saturated heterocycles. The maximum atomic E-state index is 12.0.